The summed E-state index contributed by atoms with van der Waals surface area (Å²) in [6.07, 6.45) is 1.84. The van der Waals surface area contributed by atoms with E-state index in [1.54, 1.807) is 17.9 Å². The zero-order valence-electron chi connectivity index (χ0n) is 18.8. The van der Waals surface area contributed by atoms with Crippen LogP contribution in [0.15, 0.2) is 53.6 Å². The quantitative estimate of drug-likeness (QED) is 0.595. The largest absolute Gasteiger partial charge is 0.390 e. The Kier molecular flexibility index (Phi) is 5.86. The Morgan fingerprint density at radius 2 is 1.97 bits per heavy atom. The zero-order valence-corrected chi connectivity index (χ0v) is 18.8. The van der Waals surface area contributed by atoms with Crippen LogP contribution in [0.4, 0.5) is 5.69 Å². The first-order valence-electron chi connectivity index (χ1n) is 11.4. The summed E-state index contributed by atoms with van der Waals surface area (Å²) in [4.78, 5) is 32.8. The third kappa shape index (κ3) is 4.62. The highest BCUT2D eigenvalue weighted by Crippen LogP contribution is 2.20. The number of hydrogen-bond donors (Lipinski definition) is 2. The number of likely N-dealkylation sites (tertiary alicyclic amines) is 1. The second kappa shape index (κ2) is 8.96. The van der Waals surface area contributed by atoms with Gasteiger partial charge in [-0.2, -0.15) is 0 Å². The Hall–Kier alpha value is -3.23. The van der Waals surface area contributed by atoms with Crippen molar-refractivity contribution in [3.05, 3.63) is 70.3 Å². The monoisotopic (exact) mass is 447 g/mol. The lowest BCUT2D eigenvalue weighted by Crippen LogP contribution is -2.56. The molecular weight excluding hydrogens is 418 g/mol. The number of hydrogen-bond acceptors (Lipinski definition) is 6. The van der Waals surface area contributed by atoms with Crippen LogP contribution in [-0.4, -0.2) is 68.7 Å². The number of β-amino-alcohol motifs (C(OH)–C–C–N with tert-alkyl or cyclic N) is 1. The Morgan fingerprint density at radius 3 is 2.76 bits per heavy atom. The highest BCUT2D eigenvalue weighted by molar-refractivity contribution is 5.81. The average Bonchev–Trinajstić information content (AvgIpc) is 2.77. The number of aliphatic hydroxyl groups is 1. The molecule has 3 heterocycles. The molecule has 2 aliphatic rings. The van der Waals surface area contributed by atoms with Crippen LogP contribution in [0.3, 0.4) is 0 Å². The number of anilines is 1. The van der Waals surface area contributed by atoms with E-state index < -0.39 is 6.10 Å². The second-order valence-electron chi connectivity index (χ2n) is 9.11. The molecule has 0 bridgehead atoms. The summed E-state index contributed by atoms with van der Waals surface area (Å²) in [7, 11) is 0. The van der Waals surface area contributed by atoms with Crippen LogP contribution in [0.2, 0.25) is 0 Å². The van der Waals surface area contributed by atoms with Crippen molar-refractivity contribution in [2.24, 2.45) is 0 Å². The molecule has 8 nitrogen and oxygen atoms in total. The summed E-state index contributed by atoms with van der Waals surface area (Å²) >= 11 is 0. The Balaban J connectivity index is 1.22. The normalized spacial score (nSPS) is 17.5. The molecule has 2 aromatic carbocycles. The van der Waals surface area contributed by atoms with Gasteiger partial charge in [-0.1, -0.05) is 24.3 Å². The maximum Gasteiger partial charge on any atom is 0.261 e. The number of nitrogens with zero attached hydrogens (tertiary/aromatic N) is 4. The van der Waals surface area contributed by atoms with Gasteiger partial charge in [0.1, 0.15) is 0 Å². The van der Waals surface area contributed by atoms with Gasteiger partial charge in [0.25, 0.3) is 5.56 Å². The fraction of sp³-hybridized carbons (Fsp3) is 0.400. The minimum absolute atomic E-state index is 0.0843. The Labute approximate surface area is 192 Å². The van der Waals surface area contributed by atoms with Gasteiger partial charge in [-0.25, -0.2) is 4.98 Å². The highest BCUT2D eigenvalue weighted by Gasteiger charge is 2.28. The molecule has 1 amide bonds. The molecule has 33 heavy (non-hydrogen) atoms. The standard InChI is InChI=1S/C25H29N5O3/c1-17(31)29-12-21(13-29)27-20-6-7-23-24(10-20)26-16-30(25(23)33)15-22(32)14-28-9-8-18-4-2-3-5-19(18)11-28/h2-7,10,16,21-22,27,32H,8-9,11-15H2,1H3/t22-/m1/s1. The number of amides is 1. The fourth-order valence-electron chi connectivity index (χ4n) is 4.73. The Bertz CT molecular complexity index is 1230. The lowest BCUT2D eigenvalue weighted by Gasteiger charge is -2.39. The van der Waals surface area contributed by atoms with Crippen LogP contribution in [0.5, 0.6) is 0 Å². The summed E-state index contributed by atoms with van der Waals surface area (Å²) < 4.78 is 1.49. The van der Waals surface area contributed by atoms with Crippen molar-refractivity contribution in [2.75, 3.05) is 31.5 Å². The van der Waals surface area contributed by atoms with Crippen molar-refractivity contribution in [2.45, 2.75) is 38.6 Å². The van der Waals surface area contributed by atoms with Crippen molar-refractivity contribution in [1.29, 1.82) is 0 Å². The van der Waals surface area contributed by atoms with Gasteiger partial charge in [0, 0.05) is 45.3 Å². The van der Waals surface area contributed by atoms with Crippen molar-refractivity contribution in [3.8, 4) is 0 Å². The first kappa shape index (κ1) is 21.6. The van der Waals surface area contributed by atoms with Gasteiger partial charge < -0.3 is 15.3 Å². The highest BCUT2D eigenvalue weighted by atomic mass is 16.3. The van der Waals surface area contributed by atoms with Gasteiger partial charge in [0.15, 0.2) is 0 Å². The molecule has 2 aliphatic heterocycles. The lowest BCUT2D eigenvalue weighted by atomic mass is 10.00. The molecule has 2 N–H and O–H groups in total. The fourth-order valence-corrected chi connectivity index (χ4v) is 4.73. The molecule has 0 saturated carbocycles. The molecule has 5 rings (SSSR count). The molecule has 0 unspecified atom stereocenters. The number of nitrogens with one attached hydrogen (secondary N) is 1. The molecule has 172 valence electrons. The zero-order chi connectivity index (χ0) is 22.9. The molecule has 8 heteroatoms. The van der Waals surface area contributed by atoms with E-state index in [0.29, 0.717) is 30.5 Å². The van der Waals surface area contributed by atoms with Gasteiger partial charge >= 0.3 is 0 Å². The molecule has 3 aromatic rings. The third-order valence-corrected chi connectivity index (χ3v) is 6.61. The van der Waals surface area contributed by atoms with Crippen molar-refractivity contribution >= 4 is 22.5 Å². The minimum Gasteiger partial charge on any atom is -0.390 e. The molecule has 1 atom stereocenters. The van der Waals surface area contributed by atoms with Gasteiger partial charge in [-0.15, -0.1) is 0 Å². The predicted octanol–water partition coefficient (Wildman–Crippen LogP) is 1.46. The van der Waals surface area contributed by atoms with E-state index in [-0.39, 0.29) is 24.1 Å². The van der Waals surface area contributed by atoms with E-state index in [9.17, 15) is 14.7 Å². The van der Waals surface area contributed by atoms with E-state index >= 15 is 0 Å². The van der Waals surface area contributed by atoms with Crippen LogP contribution in [0.25, 0.3) is 10.9 Å². The maximum atomic E-state index is 13.0. The van der Waals surface area contributed by atoms with E-state index in [0.717, 1.165) is 25.2 Å². The van der Waals surface area contributed by atoms with Crippen LogP contribution in [0.1, 0.15) is 18.1 Å². The van der Waals surface area contributed by atoms with Crippen molar-refractivity contribution < 1.29 is 9.90 Å². The van der Waals surface area contributed by atoms with Gasteiger partial charge in [-0.3, -0.25) is 19.1 Å². The van der Waals surface area contributed by atoms with Crippen LogP contribution in [0, 0.1) is 0 Å². The van der Waals surface area contributed by atoms with E-state index in [1.165, 1.54) is 22.0 Å². The lowest BCUT2D eigenvalue weighted by molar-refractivity contribution is -0.132. The maximum absolute atomic E-state index is 13.0. The van der Waals surface area contributed by atoms with Crippen LogP contribution < -0.4 is 10.9 Å². The molecule has 1 fully saturated rings. The molecule has 1 saturated heterocycles. The number of carbonyl (C=O) groups excluding carboxylic acids is 1. The number of aromatic nitrogens is 2. The number of carbonyl (C=O) groups is 1. The van der Waals surface area contributed by atoms with E-state index in [1.807, 2.05) is 18.2 Å². The first-order chi connectivity index (χ1) is 16.0. The Morgan fingerprint density at radius 1 is 1.18 bits per heavy atom. The first-order valence-corrected chi connectivity index (χ1v) is 11.4. The number of benzene rings is 2. The summed E-state index contributed by atoms with van der Waals surface area (Å²) in [5.41, 5.74) is 4.03. The smallest absolute Gasteiger partial charge is 0.261 e. The van der Waals surface area contributed by atoms with Crippen molar-refractivity contribution in [1.82, 2.24) is 19.4 Å². The van der Waals surface area contributed by atoms with Gasteiger partial charge in [-0.05, 0) is 35.7 Å². The molecule has 0 spiro atoms. The van der Waals surface area contributed by atoms with Crippen LogP contribution >= 0.6 is 0 Å². The number of rotatable bonds is 6. The summed E-state index contributed by atoms with van der Waals surface area (Å²) in [5.74, 6) is 0.0843. The molecule has 0 aliphatic carbocycles. The van der Waals surface area contributed by atoms with Gasteiger partial charge in [0.2, 0.25) is 5.91 Å². The number of aliphatic hydroxyl groups excluding tert-OH is 1. The van der Waals surface area contributed by atoms with Crippen molar-refractivity contribution in [3.63, 3.8) is 0 Å². The molecule has 0 radical (unpaired) electrons. The van der Waals surface area contributed by atoms with E-state index in [2.05, 4.69) is 33.4 Å². The topological polar surface area (TPSA) is 90.7 Å². The summed E-state index contributed by atoms with van der Waals surface area (Å²) in [6.45, 7) is 5.39. The third-order valence-electron chi connectivity index (χ3n) is 6.61. The predicted molar refractivity (Wildman–Crippen MR) is 127 cm³/mol. The van der Waals surface area contributed by atoms with Gasteiger partial charge in [0.05, 0.1) is 35.9 Å². The summed E-state index contributed by atoms with van der Waals surface area (Å²) in [5, 5.41) is 14.6. The summed E-state index contributed by atoms with van der Waals surface area (Å²) in [6, 6.07) is 14.1. The number of fused-ring (bicyclic) bond motifs is 2. The molecular formula is C25H29N5O3. The molecule has 1 aromatic heterocycles. The van der Waals surface area contributed by atoms with Crippen LogP contribution in [-0.2, 0) is 24.3 Å². The minimum atomic E-state index is -0.656. The van der Waals surface area contributed by atoms with E-state index in [4.69, 9.17) is 0 Å². The average molecular weight is 448 g/mol. The SMILES string of the molecule is CC(=O)N1CC(Nc2ccc3c(=O)n(C[C@H](O)CN4CCc5ccccc5C4)cnc3c2)C1. The second-order valence-corrected chi connectivity index (χ2v) is 9.11.